The maximum atomic E-state index is 9.54. The van der Waals surface area contributed by atoms with Crippen molar-refractivity contribution in [2.75, 3.05) is 19.8 Å². The molecule has 1 aliphatic rings. The van der Waals surface area contributed by atoms with Gasteiger partial charge in [0, 0.05) is 13.2 Å². The van der Waals surface area contributed by atoms with Crippen molar-refractivity contribution in [3.63, 3.8) is 0 Å². The Labute approximate surface area is 67.5 Å². The van der Waals surface area contributed by atoms with Crippen LogP contribution in [0.5, 0.6) is 0 Å². The fourth-order valence-corrected chi connectivity index (χ4v) is 1.51. The van der Waals surface area contributed by atoms with Crippen molar-refractivity contribution in [2.45, 2.75) is 25.4 Å². The summed E-state index contributed by atoms with van der Waals surface area (Å²) in [5, 5.41) is 9.54. The van der Waals surface area contributed by atoms with Crippen molar-refractivity contribution >= 4 is 0 Å². The molecule has 11 heavy (non-hydrogen) atoms. The van der Waals surface area contributed by atoms with Gasteiger partial charge in [-0.25, -0.2) is 0 Å². The predicted molar refractivity (Wildman–Crippen MR) is 43.2 cm³/mol. The number of aliphatic hydroxyl groups excluding tert-OH is 1. The average molecular weight is 159 g/mol. The SMILES string of the molecule is NCC[C@@H](O)C1CCOCC1. The minimum atomic E-state index is -0.205. The third kappa shape index (κ3) is 2.77. The number of hydrogen-bond donors (Lipinski definition) is 2. The van der Waals surface area contributed by atoms with E-state index in [1.54, 1.807) is 0 Å². The molecule has 0 saturated carbocycles. The Morgan fingerprint density at radius 2 is 2.09 bits per heavy atom. The summed E-state index contributed by atoms with van der Waals surface area (Å²) in [6, 6.07) is 0. The van der Waals surface area contributed by atoms with Gasteiger partial charge in [-0.15, -0.1) is 0 Å². The molecule has 0 amide bonds. The van der Waals surface area contributed by atoms with Gasteiger partial charge >= 0.3 is 0 Å². The second kappa shape index (κ2) is 4.70. The molecule has 0 bridgehead atoms. The van der Waals surface area contributed by atoms with E-state index in [0.717, 1.165) is 32.5 Å². The van der Waals surface area contributed by atoms with Crippen molar-refractivity contribution in [3.05, 3.63) is 0 Å². The van der Waals surface area contributed by atoms with Crippen LogP contribution < -0.4 is 5.73 Å². The molecule has 1 saturated heterocycles. The van der Waals surface area contributed by atoms with E-state index in [1.807, 2.05) is 0 Å². The summed E-state index contributed by atoms with van der Waals surface area (Å²) in [5.41, 5.74) is 5.34. The first-order valence-electron chi connectivity index (χ1n) is 4.30. The van der Waals surface area contributed by atoms with Crippen molar-refractivity contribution < 1.29 is 9.84 Å². The highest BCUT2D eigenvalue weighted by atomic mass is 16.5. The first-order valence-corrected chi connectivity index (χ1v) is 4.30. The second-order valence-electron chi connectivity index (χ2n) is 3.09. The number of nitrogens with two attached hydrogens (primary N) is 1. The van der Waals surface area contributed by atoms with Crippen LogP contribution in [0.15, 0.2) is 0 Å². The van der Waals surface area contributed by atoms with E-state index in [0.29, 0.717) is 12.5 Å². The van der Waals surface area contributed by atoms with Gasteiger partial charge in [-0.3, -0.25) is 0 Å². The zero-order chi connectivity index (χ0) is 8.10. The van der Waals surface area contributed by atoms with Crippen LogP contribution in [0.2, 0.25) is 0 Å². The van der Waals surface area contributed by atoms with Crippen LogP contribution in [-0.2, 0) is 4.74 Å². The maximum Gasteiger partial charge on any atom is 0.0582 e. The molecule has 1 rings (SSSR count). The quantitative estimate of drug-likeness (QED) is 0.615. The Bertz CT molecular complexity index is 102. The van der Waals surface area contributed by atoms with E-state index in [9.17, 15) is 5.11 Å². The lowest BCUT2D eigenvalue weighted by Gasteiger charge is -2.26. The van der Waals surface area contributed by atoms with Gasteiger partial charge in [0.25, 0.3) is 0 Å². The normalized spacial score (nSPS) is 23.5. The molecule has 1 atom stereocenters. The van der Waals surface area contributed by atoms with Crippen molar-refractivity contribution in [1.29, 1.82) is 0 Å². The van der Waals surface area contributed by atoms with Gasteiger partial charge in [0.15, 0.2) is 0 Å². The minimum Gasteiger partial charge on any atom is -0.393 e. The standard InChI is InChI=1S/C8H17NO2/c9-4-1-8(10)7-2-5-11-6-3-7/h7-8,10H,1-6,9H2/t8-/m1/s1. The van der Waals surface area contributed by atoms with E-state index in [1.165, 1.54) is 0 Å². The van der Waals surface area contributed by atoms with Crippen LogP contribution in [0, 0.1) is 5.92 Å². The lowest BCUT2D eigenvalue weighted by atomic mass is 9.92. The summed E-state index contributed by atoms with van der Waals surface area (Å²) in [5.74, 6) is 0.423. The summed E-state index contributed by atoms with van der Waals surface area (Å²) in [6.07, 6.45) is 2.50. The molecule has 0 spiro atoms. The molecule has 0 aromatic heterocycles. The summed E-state index contributed by atoms with van der Waals surface area (Å²) in [6.45, 7) is 2.18. The zero-order valence-electron chi connectivity index (χ0n) is 6.83. The van der Waals surface area contributed by atoms with Gasteiger partial charge in [0.2, 0.25) is 0 Å². The van der Waals surface area contributed by atoms with E-state index in [2.05, 4.69) is 0 Å². The molecule has 0 aromatic carbocycles. The van der Waals surface area contributed by atoms with E-state index in [-0.39, 0.29) is 6.10 Å². The van der Waals surface area contributed by atoms with Crippen LogP contribution in [0.3, 0.4) is 0 Å². The summed E-state index contributed by atoms with van der Waals surface area (Å²) in [4.78, 5) is 0. The van der Waals surface area contributed by atoms with Crippen molar-refractivity contribution in [1.82, 2.24) is 0 Å². The predicted octanol–water partition coefficient (Wildman–Crippen LogP) is 0.123. The van der Waals surface area contributed by atoms with Crippen molar-refractivity contribution in [3.8, 4) is 0 Å². The number of ether oxygens (including phenoxy) is 1. The highest BCUT2D eigenvalue weighted by molar-refractivity contribution is 4.71. The Kier molecular flexibility index (Phi) is 3.83. The highest BCUT2D eigenvalue weighted by Gasteiger charge is 2.20. The van der Waals surface area contributed by atoms with E-state index in [4.69, 9.17) is 10.5 Å². The van der Waals surface area contributed by atoms with Crippen molar-refractivity contribution in [2.24, 2.45) is 11.7 Å². The lowest BCUT2D eigenvalue weighted by Crippen LogP contribution is -2.29. The fourth-order valence-electron chi connectivity index (χ4n) is 1.51. The molecule has 66 valence electrons. The van der Waals surface area contributed by atoms with Gasteiger partial charge in [0.1, 0.15) is 0 Å². The summed E-state index contributed by atoms with van der Waals surface area (Å²) in [7, 11) is 0. The highest BCUT2D eigenvalue weighted by Crippen LogP contribution is 2.19. The van der Waals surface area contributed by atoms with Gasteiger partial charge in [-0.1, -0.05) is 0 Å². The fraction of sp³-hybridized carbons (Fsp3) is 1.00. The zero-order valence-corrected chi connectivity index (χ0v) is 6.83. The molecule has 0 aliphatic carbocycles. The molecular weight excluding hydrogens is 142 g/mol. The summed E-state index contributed by atoms with van der Waals surface area (Å²) < 4.78 is 5.19. The topological polar surface area (TPSA) is 55.5 Å². The lowest BCUT2D eigenvalue weighted by molar-refractivity contribution is 0.00598. The van der Waals surface area contributed by atoms with Crippen LogP contribution >= 0.6 is 0 Å². The molecule has 1 fully saturated rings. The van der Waals surface area contributed by atoms with Crippen LogP contribution in [0.4, 0.5) is 0 Å². The third-order valence-electron chi connectivity index (χ3n) is 2.27. The van der Waals surface area contributed by atoms with Crippen LogP contribution in [-0.4, -0.2) is 31.0 Å². The molecule has 3 nitrogen and oxygen atoms in total. The third-order valence-corrected chi connectivity index (χ3v) is 2.27. The number of hydrogen-bond acceptors (Lipinski definition) is 3. The Morgan fingerprint density at radius 1 is 1.45 bits per heavy atom. The first-order chi connectivity index (χ1) is 5.34. The van der Waals surface area contributed by atoms with Gasteiger partial charge in [0.05, 0.1) is 6.10 Å². The molecule has 3 heteroatoms. The monoisotopic (exact) mass is 159 g/mol. The Hall–Kier alpha value is -0.120. The van der Waals surface area contributed by atoms with Crippen LogP contribution in [0.1, 0.15) is 19.3 Å². The largest absolute Gasteiger partial charge is 0.393 e. The smallest absolute Gasteiger partial charge is 0.0582 e. The van der Waals surface area contributed by atoms with E-state index >= 15 is 0 Å². The molecule has 1 aliphatic heterocycles. The first kappa shape index (κ1) is 8.97. The van der Waals surface area contributed by atoms with Gasteiger partial charge < -0.3 is 15.6 Å². The second-order valence-corrected chi connectivity index (χ2v) is 3.09. The Balaban J connectivity index is 2.21. The molecule has 0 unspecified atom stereocenters. The van der Waals surface area contributed by atoms with Gasteiger partial charge in [-0.2, -0.15) is 0 Å². The maximum absolute atomic E-state index is 9.54. The molecule has 1 heterocycles. The number of aliphatic hydroxyl groups is 1. The van der Waals surface area contributed by atoms with E-state index < -0.39 is 0 Å². The summed E-state index contributed by atoms with van der Waals surface area (Å²) >= 11 is 0. The van der Waals surface area contributed by atoms with Gasteiger partial charge in [-0.05, 0) is 31.7 Å². The molecule has 0 aromatic rings. The minimum absolute atomic E-state index is 0.205. The Morgan fingerprint density at radius 3 is 2.64 bits per heavy atom. The molecular formula is C8H17NO2. The molecule has 3 N–H and O–H groups in total. The number of rotatable bonds is 3. The average Bonchev–Trinajstić information content (AvgIpc) is 2.07. The molecule has 0 radical (unpaired) electrons. The van der Waals surface area contributed by atoms with Crippen LogP contribution in [0.25, 0.3) is 0 Å².